The zero-order chi connectivity index (χ0) is 17.1. The first-order chi connectivity index (χ1) is 11.6. The average molecular weight is 326 g/mol. The van der Waals surface area contributed by atoms with Crippen molar-refractivity contribution >= 4 is 23.6 Å². The molecule has 0 spiro atoms. The van der Waals surface area contributed by atoms with Crippen LogP contribution in [-0.4, -0.2) is 25.0 Å². The summed E-state index contributed by atoms with van der Waals surface area (Å²) in [5.41, 5.74) is 1.58. The van der Waals surface area contributed by atoms with Crippen LogP contribution in [0.1, 0.15) is 22.0 Å². The second-order valence-corrected chi connectivity index (χ2v) is 5.08. The number of ether oxygens (including phenoxy) is 2. The van der Waals surface area contributed by atoms with Gasteiger partial charge in [-0.2, -0.15) is 0 Å². The molecule has 0 bridgehead atoms. The highest BCUT2D eigenvalue weighted by Crippen LogP contribution is 2.23. The Hall–Kier alpha value is -3.35. The van der Waals surface area contributed by atoms with Gasteiger partial charge in [0.05, 0.1) is 7.11 Å². The lowest BCUT2D eigenvalue weighted by molar-refractivity contribution is -0.123. The fourth-order valence-corrected chi connectivity index (χ4v) is 2.26. The summed E-state index contributed by atoms with van der Waals surface area (Å²) >= 11 is 0. The van der Waals surface area contributed by atoms with Crippen LogP contribution in [0.5, 0.6) is 5.75 Å². The van der Waals surface area contributed by atoms with Gasteiger partial charge in [0.25, 0.3) is 11.8 Å². The number of hydrogen-bond donors (Lipinski definition) is 2. The lowest BCUT2D eigenvalue weighted by Gasteiger charge is -2.09. The largest absolute Gasteiger partial charge is 0.497 e. The molecule has 1 saturated heterocycles. The van der Waals surface area contributed by atoms with Gasteiger partial charge in [0.1, 0.15) is 5.75 Å². The maximum Gasteiger partial charge on any atom is 0.415 e. The number of benzene rings is 2. The molecule has 2 N–H and O–H groups in total. The maximum absolute atomic E-state index is 12.2. The summed E-state index contributed by atoms with van der Waals surface area (Å²) in [6.45, 7) is 0. The molecule has 122 valence electrons. The minimum atomic E-state index is -0.955. The molecule has 3 rings (SSSR count). The summed E-state index contributed by atoms with van der Waals surface area (Å²) in [6, 6.07) is 13.2. The van der Waals surface area contributed by atoms with E-state index in [1.54, 1.807) is 55.6 Å². The van der Waals surface area contributed by atoms with Crippen LogP contribution in [-0.2, 0) is 9.53 Å². The average Bonchev–Trinajstić information content (AvgIpc) is 2.94. The maximum atomic E-state index is 12.2. The number of carbonyl (C=O) groups is 3. The second kappa shape index (κ2) is 6.41. The van der Waals surface area contributed by atoms with Crippen molar-refractivity contribution in [3.05, 3.63) is 59.7 Å². The molecule has 1 aliphatic rings. The van der Waals surface area contributed by atoms with Crippen LogP contribution in [0.2, 0.25) is 0 Å². The van der Waals surface area contributed by atoms with Crippen molar-refractivity contribution in [1.82, 2.24) is 5.32 Å². The summed E-state index contributed by atoms with van der Waals surface area (Å²) in [6.07, 6.45) is -1.72. The third kappa shape index (κ3) is 3.19. The highest BCUT2D eigenvalue weighted by atomic mass is 16.6. The summed E-state index contributed by atoms with van der Waals surface area (Å²) in [5.74, 6) is -0.106. The topological polar surface area (TPSA) is 93.7 Å². The van der Waals surface area contributed by atoms with Crippen LogP contribution < -0.4 is 15.4 Å². The van der Waals surface area contributed by atoms with Crippen molar-refractivity contribution in [2.45, 2.75) is 6.10 Å². The van der Waals surface area contributed by atoms with E-state index in [0.717, 1.165) is 0 Å². The first kappa shape index (κ1) is 15.5. The number of hydrogen-bond acceptors (Lipinski definition) is 5. The molecule has 0 saturated carbocycles. The molecule has 7 nitrogen and oxygen atoms in total. The predicted molar refractivity (Wildman–Crippen MR) is 84.8 cm³/mol. The SMILES string of the molecule is COc1ccc(C(=O)Nc2ccc(C3OC(=O)NC3=O)cc2)cc1. The molecule has 7 heteroatoms. The van der Waals surface area contributed by atoms with Crippen molar-refractivity contribution in [2.24, 2.45) is 0 Å². The van der Waals surface area contributed by atoms with E-state index in [4.69, 9.17) is 9.47 Å². The summed E-state index contributed by atoms with van der Waals surface area (Å²) in [4.78, 5) is 34.7. The van der Waals surface area contributed by atoms with Gasteiger partial charge in [0.2, 0.25) is 6.10 Å². The minimum Gasteiger partial charge on any atom is -0.497 e. The van der Waals surface area contributed by atoms with Crippen molar-refractivity contribution in [1.29, 1.82) is 0 Å². The minimum absolute atomic E-state index is 0.268. The number of alkyl carbamates (subject to hydrolysis) is 1. The first-order valence-corrected chi connectivity index (χ1v) is 7.13. The molecule has 0 aliphatic carbocycles. The first-order valence-electron chi connectivity index (χ1n) is 7.13. The summed E-state index contributed by atoms with van der Waals surface area (Å²) in [5, 5.41) is 4.81. The van der Waals surface area contributed by atoms with E-state index in [0.29, 0.717) is 22.6 Å². The van der Waals surface area contributed by atoms with Gasteiger partial charge in [-0.15, -0.1) is 0 Å². The van der Waals surface area contributed by atoms with Crippen LogP contribution in [0.4, 0.5) is 10.5 Å². The number of methoxy groups -OCH3 is 1. The number of nitrogens with one attached hydrogen (secondary N) is 2. The third-order valence-corrected chi connectivity index (χ3v) is 3.51. The van der Waals surface area contributed by atoms with Crippen molar-refractivity contribution in [3.8, 4) is 5.75 Å². The number of cyclic esters (lactones) is 1. The molecule has 1 atom stereocenters. The van der Waals surface area contributed by atoms with E-state index < -0.39 is 18.1 Å². The van der Waals surface area contributed by atoms with Crippen molar-refractivity contribution in [3.63, 3.8) is 0 Å². The monoisotopic (exact) mass is 326 g/mol. The summed E-state index contributed by atoms with van der Waals surface area (Å²) < 4.78 is 9.92. The van der Waals surface area contributed by atoms with Crippen LogP contribution in [0.15, 0.2) is 48.5 Å². The second-order valence-electron chi connectivity index (χ2n) is 5.08. The molecule has 1 aliphatic heterocycles. The third-order valence-electron chi connectivity index (χ3n) is 3.51. The normalized spacial score (nSPS) is 16.3. The Morgan fingerprint density at radius 2 is 1.75 bits per heavy atom. The Balaban J connectivity index is 1.68. The van der Waals surface area contributed by atoms with E-state index >= 15 is 0 Å². The Labute approximate surface area is 137 Å². The van der Waals surface area contributed by atoms with E-state index in [2.05, 4.69) is 10.6 Å². The molecule has 3 amide bonds. The van der Waals surface area contributed by atoms with E-state index in [1.807, 2.05) is 0 Å². The number of imide groups is 1. The number of carbonyl (C=O) groups excluding carboxylic acids is 3. The number of amides is 3. The molecule has 0 aromatic heterocycles. The molecule has 1 unspecified atom stereocenters. The molecule has 1 fully saturated rings. The Kier molecular flexibility index (Phi) is 4.15. The molecule has 2 aromatic carbocycles. The van der Waals surface area contributed by atoms with Gasteiger partial charge >= 0.3 is 6.09 Å². The van der Waals surface area contributed by atoms with Gasteiger partial charge in [-0.25, -0.2) is 4.79 Å². The Morgan fingerprint density at radius 3 is 2.29 bits per heavy atom. The highest BCUT2D eigenvalue weighted by Gasteiger charge is 2.33. The van der Waals surface area contributed by atoms with Crippen LogP contribution in [0.25, 0.3) is 0 Å². The van der Waals surface area contributed by atoms with Crippen LogP contribution in [0.3, 0.4) is 0 Å². The fraction of sp³-hybridized carbons (Fsp3) is 0.118. The van der Waals surface area contributed by atoms with Gasteiger partial charge in [-0.1, -0.05) is 12.1 Å². The highest BCUT2D eigenvalue weighted by molar-refractivity contribution is 6.04. The lowest BCUT2D eigenvalue weighted by atomic mass is 10.1. The fourth-order valence-electron chi connectivity index (χ4n) is 2.26. The van der Waals surface area contributed by atoms with Crippen LogP contribution in [0, 0.1) is 0 Å². The molecule has 2 aromatic rings. The smallest absolute Gasteiger partial charge is 0.415 e. The van der Waals surface area contributed by atoms with Gasteiger partial charge in [-0.3, -0.25) is 14.9 Å². The molecule has 1 heterocycles. The van der Waals surface area contributed by atoms with Gasteiger partial charge < -0.3 is 14.8 Å². The standard InChI is InChI=1S/C17H14N2O5/c1-23-13-8-4-11(5-9-13)15(20)18-12-6-2-10(3-7-12)14-16(21)19-17(22)24-14/h2-9,14H,1H3,(H,18,20)(H,19,21,22). The van der Waals surface area contributed by atoms with E-state index in [-0.39, 0.29) is 5.91 Å². The molecular formula is C17H14N2O5. The molecule has 24 heavy (non-hydrogen) atoms. The van der Waals surface area contributed by atoms with Crippen molar-refractivity contribution in [2.75, 3.05) is 12.4 Å². The number of anilines is 1. The predicted octanol–water partition coefficient (Wildman–Crippen LogP) is 2.25. The van der Waals surface area contributed by atoms with Crippen molar-refractivity contribution < 1.29 is 23.9 Å². The lowest BCUT2D eigenvalue weighted by Crippen LogP contribution is -2.20. The van der Waals surface area contributed by atoms with Gasteiger partial charge in [0, 0.05) is 16.8 Å². The summed E-state index contributed by atoms with van der Waals surface area (Å²) in [7, 11) is 1.55. The zero-order valence-electron chi connectivity index (χ0n) is 12.7. The Morgan fingerprint density at radius 1 is 1.08 bits per heavy atom. The van der Waals surface area contributed by atoms with Gasteiger partial charge in [0.15, 0.2) is 0 Å². The van der Waals surface area contributed by atoms with E-state index in [1.165, 1.54) is 0 Å². The zero-order valence-corrected chi connectivity index (χ0v) is 12.7. The molecule has 0 radical (unpaired) electrons. The molecular weight excluding hydrogens is 312 g/mol. The van der Waals surface area contributed by atoms with Crippen LogP contribution >= 0.6 is 0 Å². The quantitative estimate of drug-likeness (QED) is 0.899. The Bertz CT molecular complexity index is 784. The number of rotatable bonds is 4. The van der Waals surface area contributed by atoms with E-state index in [9.17, 15) is 14.4 Å². The van der Waals surface area contributed by atoms with Gasteiger partial charge in [-0.05, 0) is 36.4 Å².